The van der Waals surface area contributed by atoms with E-state index in [0.29, 0.717) is 4.91 Å². The number of rotatable bonds is 3. The first-order valence-corrected chi connectivity index (χ1v) is 5.03. The van der Waals surface area contributed by atoms with Gasteiger partial charge in [-0.1, -0.05) is 13.0 Å². The first kappa shape index (κ1) is 8.40. The van der Waals surface area contributed by atoms with Gasteiger partial charge in [0.05, 0.1) is 4.91 Å². The molecule has 0 bridgehead atoms. The Morgan fingerprint density at radius 3 is 3.00 bits per heavy atom. The van der Waals surface area contributed by atoms with Crippen LogP contribution in [-0.4, -0.2) is 16.8 Å². The number of carbonyl (C=O) groups is 1. The number of carboxylic acids is 1. The average Bonchev–Trinajstić information content (AvgIpc) is 2.36. The van der Waals surface area contributed by atoms with Gasteiger partial charge in [0.2, 0.25) is 0 Å². The van der Waals surface area contributed by atoms with Crippen LogP contribution in [0.3, 0.4) is 0 Å². The zero-order valence-corrected chi connectivity index (χ0v) is 7.05. The Balaban J connectivity index is 2.61. The minimum Gasteiger partial charge on any atom is -0.477 e. The summed E-state index contributed by atoms with van der Waals surface area (Å²) in [6.45, 7) is 3.71. The quantitative estimate of drug-likeness (QED) is 0.634. The molecule has 0 aromatic carbocycles. The monoisotopic (exact) mass is 171 g/mol. The summed E-state index contributed by atoms with van der Waals surface area (Å²) in [7, 11) is -0.530. The van der Waals surface area contributed by atoms with E-state index in [1.807, 2.05) is 11.5 Å². The molecule has 61 valence electrons. The van der Waals surface area contributed by atoms with E-state index in [-0.39, 0.29) is 0 Å². The van der Waals surface area contributed by atoms with Crippen LogP contribution >= 0.6 is 10.9 Å². The zero-order chi connectivity index (χ0) is 8.27. The largest absolute Gasteiger partial charge is 0.477 e. The maximum absolute atomic E-state index is 10.6. The maximum Gasteiger partial charge on any atom is 0.340 e. The highest BCUT2D eigenvalue weighted by Gasteiger charge is 2.15. The Hall–Kier alpha value is -0.700. The maximum atomic E-state index is 10.6. The molecule has 0 aliphatic carbocycles. The molecule has 11 heavy (non-hydrogen) atoms. The van der Waals surface area contributed by atoms with E-state index < -0.39 is 16.9 Å². The molecule has 1 radical (unpaired) electrons. The zero-order valence-electron chi connectivity index (χ0n) is 6.16. The van der Waals surface area contributed by atoms with Crippen LogP contribution in [0, 0.1) is 6.92 Å². The molecule has 3 heteroatoms. The van der Waals surface area contributed by atoms with Gasteiger partial charge in [0.15, 0.2) is 0 Å². The van der Waals surface area contributed by atoms with Crippen LogP contribution in [-0.2, 0) is 4.79 Å². The molecule has 0 aromatic heterocycles. The Bertz CT molecular complexity index is 218. The Kier molecular flexibility index (Phi) is 2.76. The van der Waals surface area contributed by atoms with Gasteiger partial charge in [0, 0.05) is 0 Å². The second-order valence-electron chi connectivity index (χ2n) is 2.25. The Morgan fingerprint density at radius 2 is 2.45 bits per heavy atom. The summed E-state index contributed by atoms with van der Waals surface area (Å²) < 4.78 is 0. The van der Waals surface area contributed by atoms with E-state index >= 15 is 0 Å². The third-order valence-electron chi connectivity index (χ3n) is 1.45. The van der Waals surface area contributed by atoms with Crippen LogP contribution in [0.25, 0.3) is 0 Å². The fraction of sp³-hybridized carbons (Fsp3) is 0.250. The smallest absolute Gasteiger partial charge is 0.340 e. The van der Waals surface area contributed by atoms with Gasteiger partial charge in [-0.05, 0) is 23.7 Å². The highest BCUT2D eigenvalue weighted by molar-refractivity contribution is 8.23. The molecule has 0 saturated carbocycles. The molecule has 0 aromatic rings. The predicted molar refractivity (Wildman–Crippen MR) is 48.7 cm³/mol. The molecule has 1 rings (SSSR count). The van der Waals surface area contributed by atoms with Crippen molar-refractivity contribution in [1.82, 2.24) is 0 Å². The van der Waals surface area contributed by atoms with Gasteiger partial charge in [-0.2, -0.15) is 10.9 Å². The summed E-state index contributed by atoms with van der Waals surface area (Å²) in [5.74, 6) is 0.110. The van der Waals surface area contributed by atoms with Crippen LogP contribution in [0.1, 0.15) is 6.42 Å². The normalized spacial score (nSPS) is 25.2. The van der Waals surface area contributed by atoms with E-state index in [4.69, 9.17) is 5.11 Å². The van der Waals surface area contributed by atoms with E-state index in [0.717, 1.165) is 12.2 Å². The lowest BCUT2D eigenvalue weighted by Gasteiger charge is -2.12. The van der Waals surface area contributed by atoms with Gasteiger partial charge in [-0.15, -0.1) is 0 Å². The number of aliphatic carboxylic acids is 1. The predicted octanol–water partition coefficient (Wildman–Crippen LogP) is 1.71. The highest BCUT2D eigenvalue weighted by Crippen LogP contribution is 2.41. The number of thiol groups is 1. The van der Waals surface area contributed by atoms with Gasteiger partial charge in [-0.3, -0.25) is 0 Å². The van der Waals surface area contributed by atoms with Crippen molar-refractivity contribution in [3.63, 3.8) is 0 Å². The first-order valence-electron chi connectivity index (χ1n) is 3.43. The van der Waals surface area contributed by atoms with Crippen molar-refractivity contribution in [1.29, 1.82) is 0 Å². The summed E-state index contributed by atoms with van der Waals surface area (Å²) >= 11 is 0. The molecule has 1 N–H and O–H groups in total. The summed E-state index contributed by atoms with van der Waals surface area (Å²) in [5, 5.41) is 10.7. The molecule has 1 unspecified atom stereocenters. The topological polar surface area (TPSA) is 37.3 Å². The van der Waals surface area contributed by atoms with Gasteiger partial charge >= 0.3 is 5.97 Å². The van der Waals surface area contributed by atoms with Crippen LogP contribution in [0.5, 0.6) is 0 Å². The molecule has 1 atom stereocenters. The van der Waals surface area contributed by atoms with Crippen molar-refractivity contribution in [2.24, 2.45) is 0 Å². The summed E-state index contributed by atoms with van der Waals surface area (Å²) in [6, 6.07) is 0. The van der Waals surface area contributed by atoms with Gasteiger partial charge in [0.1, 0.15) is 0 Å². The molecule has 0 spiro atoms. The van der Waals surface area contributed by atoms with Crippen molar-refractivity contribution in [3.05, 3.63) is 29.4 Å². The second-order valence-corrected chi connectivity index (χ2v) is 4.41. The van der Waals surface area contributed by atoms with Gasteiger partial charge in [-0.25, -0.2) is 4.79 Å². The number of hydrogen-bond acceptors (Lipinski definition) is 1. The minimum absolute atomic E-state index is 0.530. The average molecular weight is 171 g/mol. The van der Waals surface area contributed by atoms with Crippen LogP contribution in [0.2, 0.25) is 0 Å². The minimum atomic E-state index is -0.783. The molecular weight excluding hydrogens is 160 g/mol. The van der Waals surface area contributed by atoms with E-state index in [9.17, 15) is 4.79 Å². The van der Waals surface area contributed by atoms with Crippen LogP contribution in [0.4, 0.5) is 0 Å². The van der Waals surface area contributed by atoms with Gasteiger partial charge in [0.25, 0.3) is 0 Å². The van der Waals surface area contributed by atoms with Crippen molar-refractivity contribution in [2.45, 2.75) is 6.42 Å². The lowest BCUT2D eigenvalue weighted by Crippen LogP contribution is -1.99. The highest BCUT2D eigenvalue weighted by atomic mass is 32.2. The fourth-order valence-corrected chi connectivity index (χ4v) is 2.68. The number of carboxylic acid groups (broad SMARTS) is 1. The summed E-state index contributed by atoms with van der Waals surface area (Å²) in [4.78, 5) is 11.1. The SMILES string of the molecule is [CH2]CC[SH]1C=CC=C1C(=O)O. The van der Waals surface area contributed by atoms with Crippen LogP contribution < -0.4 is 0 Å². The molecule has 0 amide bonds. The first-order chi connectivity index (χ1) is 5.25. The van der Waals surface area contributed by atoms with Crippen molar-refractivity contribution in [3.8, 4) is 0 Å². The van der Waals surface area contributed by atoms with Gasteiger partial charge < -0.3 is 5.11 Å². The Morgan fingerprint density at radius 1 is 1.73 bits per heavy atom. The standard InChI is InChI=1S/C8H11O2S/c1-2-5-11-6-3-4-7(11)8(9)10/h3-4,6,11H,1-2,5H2,(H,9,10). The van der Waals surface area contributed by atoms with Crippen LogP contribution in [0.15, 0.2) is 22.5 Å². The summed E-state index contributed by atoms with van der Waals surface area (Å²) in [5.41, 5.74) is 0. The third kappa shape index (κ3) is 1.87. The molecule has 0 saturated heterocycles. The number of allylic oxidation sites excluding steroid dienone is 2. The van der Waals surface area contributed by atoms with Crippen molar-refractivity contribution >= 4 is 16.9 Å². The molecule has 0 fully saturated rings. The third-order valence-corrected chi connectivity index (χ3v) is 3.74. The molecule has 2 nitrogen and oxygen atoms in total. The second kappa shape index (κ2) is 3.62. The molecular formula is C8H11O2S. The van der Waals surface area contributed by atoms with Crippen molar-refractivity contribution < 1.29 is 9.90 Å². The molecule has 1 aliphatic heterocycles. The lowest BCUT2D eigenvalue weighted by atomic mass is 10.5. The fourth-order valence-electron chi connectivity index (χ4n) is 0.974. The molecule has 1 heterocycles. The lowest BCUT2D eigenvalue weighted by molar-refractivity contribution is -0.131. The van der Waals surface area contributed by atoms with E-state index in [2.05, 4.69) is 6.92 Å². The van der Waals surface area contributed by atoms with E-state index in [1.54, 1.807) is 6.08 Å². The van der Waals surface area contributed by atoms with Crippen molar-refractivity contribution in [2.75, 3.05) is 5.75 Å². The number of hydrogen-bond donors (Lipinski definition) is 2. The summed E-state index contributed by atoms with van der Waals surface area (Å²) in [6.07, 6.45) is 4.31. The van der Waals surface area contributed by atoms with E-state index in [1.165, 1.54) is 0 Å². The Labute approximate surface area is 69.0 Å². The molecule has 1 aliphatic rings.